The van der Waals surface area contributed by atoms with Crippen molar-refractivity contribution in [2.75, 3.05) is 6.54 Å². The molecule has 2 aromatic carbocycles. The summed E-state index contributed by atoms with van der Waals surface area (Å²) in [5.74, 6) is 0. The van der Waals surface area contributed by atoms with Crippen LogP contribution in [-0.2, 0) is 6.42 Å². The zero-order valence-corrected chi connectivity index (χ0v) is 12.5. The molecule has 2 aliphatic heterocycles. The number of hydrogen-bond donors (Lipinski definition) is 0. The van der Waals surface area contributed by atoms with Crippen LogP contribution in [0.15, 0.2) is 71.1 Å². The van der Waals surface area contributed by atoms with E-state index in [1.54, 1.807) is 11.8 Å². The molecule has 2 nitrogen and oxygen atoms in total. The van der Waals surface area contributed by atoms with Gasteiger partial charge >= 0.3 is 0 Å². The van der Waals surface area contributed by atoms with Gasteiger partial charge in [0.2, 0.25) is 0 Å². The molecular formula is C18H16N2S. The average molecular weight is 292 g/mol. The molecule has 2 aromatic rings. The minimum Gasteiger partial charge on any atom is -0.315 e. The molecule has 21 heavy (non-hydrogen) atoms. The highest BCUT2D eigenvalue weighted by Gasteiger charge is 2.34. The topological polar surface area (TPSA) is 15.6 Å². The van der Waals surface area contributed by atoms with Crippen molar-refractivity contribution < 1.29 is 0 Å². The van der Waals surface area contributed by atoms with Crippen molar-refractivity contribution in [1.82, 2.24) is 4.90 Å². The predicted octanol–water partition coefficient (Wildman–Crippen LogP) is 4.01. The smallest absolute Gasteiger partial charge is 0.168 e. The Balaban J connectivity index is 1.60. The minimum absolute atomic E-state index is 0.434. The first kappa shape index (κ1) is 12.7. The van der Waals surface area contributed by atoms with Crippen LogP contribution in [0.1, 0.15) is 11.1 Å². The first-order chi connectivity index (χ1) is 10.4. The van der Waals surface area contributed by atoms with Crippen LogP contribution in [-0.4, -0.2) is 22.7 Å². The maximum Gasteiger partial charge on any atom is 0.168 e. The van der Waals surface area contributed by atoms with Crippen molar-refractivity contribution in [2.45, 2.75) is 12.5 Å². The third-order valence-corrected chi connectivity index (χ3v) is 4.81. The number of hydrogen-bond acceptors (Lipinski definition) is 3. The maximum absolute atomic E-state index is 4.70. The van der Waals surface area contributed by atoms with Gasteiger partial charge < -0.3 is 4.90 Å². The Labute approximate surface area is 129 Å². The number of aliphatic imine (C=N–C) groups is 1. The molecule has 0 radical (unpaired) electrons. The lowest BCUT2D eigenvalue weighted by molar-refractivity contribution is 0.462. The molecule has 0 aliphatic carbocycles. The van der Waals surface area contributed by atoms with E-state index in [4.69, 9.17) is 4.99 Å². The van der Waals surface area contributed by atoms with Gasteiger partial charge in [0.15, 0.2) is 5.17 Å². The molecule has 0 bridgehead atoms. The Morgan fingerprint density at radius 1 is 1.00 bits per heavy atom. The van der Waals surface area contributed by atoms with Gasteiger partial charge in [-0.05, 0) is 17.5 Å². The van der Waals surface area contributed by atoms with Gasteiger partial charge in [-0.25, -0.2) is 0 Å². The highest BCUT2D eigenvalue weighted by molar-refractivity contribution is 8.16. The zero-order chi connectivity index (χ0) is 14.1. The molecule has 0 saturated heterocycles. The summed E-state index contributed by atoms with van der Waals surface area (Å²) in [5, 5.41) is 3.38. The summed E-state index contributed by atoms with van der Waals surface area (Å²) in [6, 6.07) is 21.7. The molecule has 4 rings (SSSR count). The van der Waals surface area contributed by atoms with E-state index in [1.807, 2.05) is 0 Å². The third kappa shape index (κ3) is 2.38. The maximum atomic E-state index is 4.70. The quantitative estimate of drug-likeness (QED) is 0.849. The van der Waals surface area contributed by atoms with E-state index in [2.05, 4.69) is 71.0 Å². The molecule has 0 N–H and O–H groups in total. The van der Waals surface area contributed by atoms with E-state index in [0.29, 0.717) is 6.04 Å². The lowest BCUT2D eigenvalue weighted by Crippen LogP contribution is -2.33. The van der Waals surface area contributed by atoms with E-state index in [9.17, 15) is 0 Å². The van der Waals surface area contributed by atoms with Crippen LogP contribution in [0.4, 0.5) is 0 Å². The second kappa shape index (κ2) is 5.41. The standard InChI is InChI=1S/C18H16N2S/c1-3-7-14(8-4-1)11-16-12-19-18-20(16)17(13-21-18)15-9-5-2-6-10-15/h1-10,13,16H,11-12H2/t16-/m1/s1. The number of amidine groups is 1. The number of thioether (sulfide) groups is 1. The molecule has 2 heterocycles. The van der Waals surface area contributed by atoms with Crippen molar-refractivity contribution >= 4 is 22.6 Å². The van der Waals surface area contributed by atoms with Gasteiger partial charge in [-0.1, -0.05) is 72.4 Å². The van der Waals surface area contributed by atoms with Crippen molar-refractivity contribution in [2.24, 2.45) is 4.99 Å². The highest BCUT2D eigenvalue weighted by Crippen LogP contribution is 2.38. The number of fused-ring (bicyclic) bond motifs is 1. The van der Waals surface area contributed by atoms with Crippen LogP contribution in [0.2, 0.25) is 0 Å². The van der Waals surface area contributed by atoms with Gasteiger partial charge in [0.05, 0.1) is 18.3 Å². The van der Waals surface area contributed by atoms with Crippen molar-refractivity contribution in [1.29, 1.82) is 0 Å². The molecule has 0 saturated carbocycles. The number of rotatable bonds is 3. The second-order valence-corrected chi connectivity index (χ2v) is 6.16. The summed E-state index contributed by atoms with van der Waals surface area (Å²) < 4.78 is 0. The van der Waals surface area contributed by atoms with Crippen LogP contribution in [0.5, 0.6) is 0 Å². The summed E-state index contributed by atoms with van der Waals surface area (Å²) >= 11 is 1.74. The molecule has 0 unspecified atom stereocenters. The van der Waals surface area contributed by atoms with E-state index < -0.39 is 0 Å². The first-order valence-electron chi connectivity index (χ1n) is 7.22. The Morgan fingerprint density at radius 3 is 2.48 bits per heavy atom. The Hall–Kier alpha value is -2.00. The van der Waals surface area contributed by atoms with Crippen LogP contribution >= 0.6 is 11.8 Å². The van der Waals surface area contributed by atoms with Crippen molar-refractivity contribution in [3.05, 3.63) is 77.2 Å². The molecule has 0 aromatic heterocycles. The molecule has 0 spiro atoms. The van der Waals surface area contributed by atoms with E-state index >= 15 is 0 Å². The summed E-state index contributed by atoms with van der Waals surface area (Å²) in [4.78, 5) is 7.11. The van der Waals surface area contributed by atoms with Gasteiger partial charge in [0.1, 0.15) is 0 Å². The summed E-state index contributed by atoms with van der Waals surface area (Å²) in [6.45, 7) is 0.890. The lowest BCUT2D eigenvalue weighted by Gasteiger charge is -2.26. The fraction of sp³-hybridized carbons (Fsp3) is 0.167. The summed E-state index contributed by atoms with van der Waals surface area (Å²) in [6.07, 6.45) is 1.04. The predicted molar refractivity (Wildman–Crippen MR) is 90.1 cm³/mol. The monoisotopic (exact) mass is 292 g/mol. The summed E-state index contributed by atoms with van der Waals surface area (Å²) in [5.41, 5.74) is 3.94. The number of benzene rings is 2. The Morgan fingerprint density at radius 2 is 1.71 bits per heavy atom. The number of nitrogens with zero attached hydrogens (tertiary/aromatic N) is 2. The van der Waals surface area contributed by atoms with E-state index in [0.717, 1.165) is 18.1 Å². The largest absolute Gasteiger partial charge is 0.315 e. The fourth-order valence-corrected chi connectivity index (χ4v) is 3.89. The molecule has 3 heteroatoms. The van der Waals surface area contributed by atoms with Crippen LogP contribution in [0, 0.1) is 0 Å². The first-order valence-corrected chi connectivity index (χ1v) is 8.09. The zero-order valence-electron chi connectivity index (χ0n) is 11.6. The van der Waals surface area contributed by atoms with Crippen LogP contribution in [0.3, 0.4) is 0 Å². The molecule has 1 atom stereocenters. The highest BCUT2D eigenvalue weighted by atomic mass is 32.2. The average Bonchev–Trinajstić information content (AvgIpc) is 3.12. The van der Waals surface area contributed by atoms with Crippen molar-refractivity contribution in [3.63, 3.8) is 0 Å². The van der Waals surface area contributed by atoms with Gasteiger partial charge in [0.25, 0.3) is 0 Å². The normalized spacial score (nSPS) is 20.2. The lowest BCUT2D eigenvalue weighted by atomic mass is 10.0. The van der Waals surface area contributed by atoms with Gasteiger partial charge in [-0.3, -0.25) is 4.99 Å². The molecule has 2 aliphatic rings. The molecule has 0 fully saturated rings. The fourth-order valence-electron chi connectivity index (χ4n) is 2.91. The second-order valence-electron chi connectivity index (χ2n) is 5.32. The van der Waals surface area contributed by atoms with Gasteiger partial charge in [-0.2, -0.15) is 0 Å². The molecule has 0 amide bonds. The third-order valence-electron chi connectivity index (χ3n) is 3.93. The Kier molecular flexibility index (Phi) is 3.28. The van der Waals surface area contributed by atoms with E-state index in [1.165, 1.54) is 16.8 Å². The van der Waals surface area contributed by atoms with Crippen LogP contribution in [0.25, 0.3) is 5.70 Å². The van der Waals surface area contributed by atoms with Gasteiger partial charge in [-0.15, -0.1) is 0 Å². The Bertz CT molecular complexity index is 692. The van der Waals surface area contributed by atoms with Crippen molar-refractivity contribution in [3.8, 4) is 0 Å². The van der Waals surface area contributed by atoms with E-state index in [-0.39, 0.29) is 0 Å². The summed E-state index contributed by atoms with van der Waals surface area (Å²) in [7, 11) is 0. The SMILES string of the molecule is C1=C(c2ccccc2)N2C(=NC[C@H]2Cc2ccccc2)S1. The molecule has 104 valence electrons. The van der Waals surface area contributed by atoms with Crippen LogP contribution < -0.4 is 0 Å². The molecular weight excluding hydrogens is 276 g/mol. The van der Waals surface area contributed by atoms with Gasteiger partial charge in [0, 0.05) is 5.41 Å². The minimum atomic E-state index is 0.434.